The Bertz CT molecular complexity index is 1030. The summed E-state index contributed by atoms with van der Waals surface area (Å²) in [6.45, 7) is 2.20. The minimum atomic E-state index is -4.94. The molecular weight excluding hydrogens is 432 g/mol. The second-order valence-electron chi connectivity index (χ2n) is 6.74. The lowest BCUT2D eigenvalue weighted by molar-refractivity contribution is -2.00. The molecular formula is C25H21ClO4S. The van der Waals surface area contributed by atoms with Crippen LogP contribution in [0.2, 0.25) is 0 Å². The Balaban J connectivity index is 0.000000491. The molecule has 0 saturated carbocycles. The number of hydrogen-bond donors (Lipinski definition) is 0. The average molecular weight is 453 g/mol. The molecule has 0 unspecified atom stereocenters. The molecule has 31 heavy (non-hydrogen) atoms. The second kappa shape index (κ2) is 10.6. The summed E-state index contributed by atoms with van der Waals surface area (Å²) in [4.78, 5) is 2.59. The predicted octanol–water partition coefficient (Wildman–Crippen LogP) is 2.84. The van der Waals surface area contributed by atoms with Crippen molar-refractivity contribution < 1.29 is 28.9 Å². The largest absolute Gasteiger partial charge is 0.239 e. The Kier molecular flexibility index (Phi) is 7.87. The van der Waals surface area contributed by atoms with E-state index in [1.54, 1.807) is 0 Å². The molecule has 0 radical (unpaired) electrons. The first-order chi connectivity index (χ1) is 14.8. The Morgan fingerprint density at radius 1 is 0.581 bits per heavy atom. The molecule has 4 aromatic rings. The maximum atomic E-state index is 8.49. The Labute approximate surface area is 188 Å². The van der Waals surface area contributed by atoms with Gasteiger partial charge in [0.1, 0.15) is 0 Å². The van der Waals surface area contributed by atoms with Crippen LogP contribution in [0.1, 0.15) is 12.5 Å². The van der Waals surface area contributed by atoms with E-state index in [0.717, 1.165) is 6.42 Å². The molecule has 158 valence electrons. The summed E-state index contributed by atoms with van der Waals surface area (Å²) in [5.41, 5.74) is 6.44. The van der Waals surface area contributed by atoms with Gasteiger partial charge in [-0.15, -0.1) is 10.2 Å². The number of hydrogen-bond acceptors (Lipinski definition) is 4. The zero-order valence-corrected chi connectivity index (χ0v) is 18.4. The molecule has 0 aliphatic carbocycles. The third kappa shape index (κ3) is 7.22. The molecule has 4 rings (SSSR count). The van der Waals surface area contributed by atoms with Crippen LogP contribution in [0.15, 0.2) is 97.1 Å². The topological polar surface area (TPSA) is 92.2 Å². The molecule has 1 heterocycles. The van der Waals surface area contributed by atoms with E-state index in [4.69, 9.17) is 18.6 Å². The van der Waals surface area contributed by atoms with Crippen LogP contribution in [0, 0.1) is 10.2 Å². The lowest BCUT2D eigenvalue weighted by Gasteiger charge is -2.17. The first kappa shape index (κ1) is 23.0. The minimum absolute atomic E-state index is 1.07. The van der Waals surface area contributed by atoms with Gasteiger partial charge < -0.3 is 0 Å². The van der Waals surface area contributed by atoms with Crippen LogP contribution >= 0.6 is 11.3 Å². The summed E-state index contributed by atoms with van der Waals surface area (Å²) in [5.74, 6) is 0. The average Bonchev–Trinajstić information content (AvgIpc) is 2.79. The van der Waals surface area contributed by atoms with Crippen molar-refractivity contribution in [3.8, 4) is 32.0 Å². The molecule has 0 atom stereocenters. The lowest BCUT2D eigenvalue weighted by atomic mass is 10.0. The van der Waals surface area contributed by atoms with Gasteiger partial charge in [0.05, 0.1) is 0 Å². The quantitative estimate of drug-likeness (QED) is 0.445. The van der Waals surface area contributed by atoms with Gasteiger partial charge in [0.25, 0.3) is 0 Å². The molecule has 0 aliphatic heterocycles. The molecule has 0 spiro atoms. The first-order valence-electron chi connectivity index (χ1n) is 9.63. The van der Waals surface area contributed by atoms with Gasteiger partial charge in [-0.25, -0.2) is 18.6 Å². The lowest BCUT2D eigenvalue weighted by Crippen LogP contribution is -2.68. The van der Waals surface area contributed by atoms with Crippen molar-refractivity contribution >= 4 is 11.3 Å². The summed E-state index contributed by atoms with van der Waals surface area (Å²) in [5, 5.41) is 0. The molecule has 0 N–H and O–H groups in total. The van der Waals surface area contributed by atoms with Gasteiger partial charge in [-0.3, -0.25) is 0 Å². The fourth-order valence-electron chi connectivity index (χ4n) is 3.09. The second-order valence-corrected chi connectivity index (χ2v) is 8.57. The van der Waals surface area contributed by atoms with Gasteiger partial charge in [-0.2, -0.15) is 0 Å². The van der Waals surface area contributed by atoms with Gasteiger partial charge in [-0.1, -0.05) is 67.6 Å². The summed E-state index contributed by atoms with van der Waals surface area (Å²) in [6, 6.07) is 34.9. The first-order valence-corrected chi connectivity index (χ1v) is 11.7. The zero-order chi connectivity index (χ0) is 22.3. The zero-order valence-electron chi connectivity index (χ0n) is 16.9. The van der Waals surface area contributed by atoms with E-state index in [1.165, 1.54) is 37.6 Å². The van der Waals surface area contributed by atoms with Crippen LogP contribution in [0.5, 0.6) is 0 Å². The summed E-state index contributed by atoms with van der Waals surface area (Å²) >= 11 is 1.85. The van der Waals surface area contributed by atoms with Crippen molar-refractivity contribution in [1.82, 2.24) is 0 Å². The number of halogens is 1. The van der Waals surface area contributed by atoms with E-state index in [-0.39, 0.29) is 0 Å². The van der Waals surface area contributed by atoms with E-state index in [0.29, 0.717) is 0 Å². The summed E-state index contributed by atoms with van der Waals surface area (Å²) in [7, 11) is -4.94. The number of aryl methyl sites for hydroxylation is 1. The van der Waals surface area contributed by atoms with Crippen LogP contribution in [0.3, 0.4) is 0 Å². The van der Waals surface area contributed by atoms with Crippen molar-refractivity contribution in [3.05, 3.63) is 103 Å². The number of rotatable bonds is 4. The maximum absolute atomic E-state index is 8.49. The Morgan fingerprint density at radius 2 is 1.00 bits per heavy atom. The molecule has 6 heteroatoms. The van der Waals surface area contributed by atoms with Gasteiger partial charge in [-0.05, 0) is 47.4 Å². The monoisotopic (exact) mass is 452 g/mol. The highest BCUT2D eigenvalue weighted by atomic mass is 35.7. The minimum Gasteiger partial charge on any atom is -0.222 e. The Morgan fingerprint density at radius 3 is 1.45 bits per heavy atom. The third-order valence-corrected chi connectivity index (χ3v) is 5.75. The van der Waals surface area contributed by atoms with Gasteiger partial charge >= 0.3 is 0 Å². The van der Waals surface area contributed by atoms with Crippen molar-refractivity contribution in [2.45, 2.75) is 13.3 Å². The standard InChI is InChI=1S/C25H21S.ClHO4/c1-2-19-13-15-22(16-14-19)25-18-23(20-9-5-3-6-10-20)17-24(26-25)21-11-7-4-8-12-21;2-1(3,4)5/h3-18H,2H2,1H3;(H,2,3,4,5)/q+1;/p-1. The smallest absolute Gasteiger partial charge is 0.222 e. The van der Waals surface area contributed by atoms with Gasteiger partial charge in [0.15, 0.2) is 0 Å². The molecule has 1 aromatic heterocycles. The highest BCUT2D eigenvalue weighted by Gasteiger charge is 2.19. The highest BCUT2D eigenvalue weighted by molar-refractivity contribution is 7.18. The predicted molar refractivity (Wildman–Crippen MR) is 114 cm³/mol. The van der Waals surface area contributed by atoms with E-state index in [9.17, 15) is 0 Å². The SMILES string of the molecule is CCc1ccc(-c2cc(-c3ccccc3)cc(-c3ccccc3)[s+]2)cc1.[O-][Cl+3]([O-])([O-])[O-]. The third-order valence-electron chi connectivity index (χ3n) is 4.61. The molecule has 0 fully saturated rings. The fourth-order valence-corrected chi connectivity index (χ4v) is 4.21. The number of benzene rings is 3. The normalized spacial score (nSPS) is 10.9. The fraction of sp³-hybridized carbons (Fsp3) is 0.0800. The van der Waals surface area contributed by atoms with E-state index in [2.05, 4.69) is 104 Å². The van der Waals surface area contributed by atoms with E-state index < -0.39 is 10.2 Å². The van der Waals surface area contributed by atoms with Crippen molar-refractivity contribution in [3.63, 3.8) is 0 Å². The molecule has 3 aromatic carbocycles. The van der Waals surface area contributed by atoms with Crippen LogP contribution in [0.4, 0.5) is 0 Å². The maximum Gasteiger partial charge on any atom is 0.239 e. The van der Waals surface area contributed by atoms with E-state index >= 15 is 0 Å². The van der Waals surface area contributed by atoms with Crippen molar-refractivity contribution in [2.24, 2.45) is 0 Å². The van der Waals surface area contributed by atoms with Gasteiger partial charge in [0.2, 0.25) is 21.1 Å². The molecule has 4 nitrogen and oxygen atoms in total. The molecule has 0 amide bonds. The summed E-state index contributed by atoms with van der Waals surface area (Å²) < 4.78 is 34.0. The molecule has 0 bridgehead atoms. The Hall–Kier alpha value is -2.64. The van der Waals surface area contributed by atoms with Crippen molar-refractivity contribution in [1.29, 1.82) is 0 Å². The molecule has 0 saturated heterocycles. The van der Waals surface area contributed by atoms with Crippen LogP contribution in [-0.4, -0.2) is 0 Å². The highest BCUT2D eigenvalue weighted by Crippen LogP contribution is 2.37. The van der Waals surface area contributed by atoms with Gasteiger partial charge in [0, 0.05) is 23.3 Å². The van der Waals surface area contributed by atoms with Crippen LogP contribution in [0.25, 0.3) is 32.0 Å². The van der Waals surface area contributed by atoms with Crippen LogP contribution in [-0.2, 0) is 6.42 Å². The molecule has 0 aliphatic rings. The van der Waals surface area contributed by atoms with Crippen LogP contribution < -0.4 is 18.6 Å². The summed E-state index contributed by atoms with van der Waals surface area (Å²) in [6.07, 6.45) is 1.07. The van der Waals surface area contributed by atoms with Crippen molar-refractivity contribution in [2.75, 3.05) is 0 Å². The van der Waals surface area contributed by atoms with E-state index in [1.807, 2.05) is 11.3 Å².